The SMILES string of the molecule is CC(=O)N1CCN(c2ccc(C(=O)Nc3ccc(-c4cn5ccsc5n4)cc3)cc2[N+](=O)[O-])CC1. The minimum Gasteiger partial charge on any atom is -0.362 e. The maximum atomic E-state index is 12.8. The first-order valence-corrected chi connectivity index (χ1v) is 11.9. The van der Waals surface area contributed by atoms with Gasteiger partial charge >= 0.3 is 0 Å². The van der Waals surface area contributed by atoms with Crippen molar-refractivity contribution in [3.63, 3.8) is 0 Å². The molecule has 0 atom stereocenters. The zero-order valence-corrected chi connectivity index (χ0v) is 19.7. The summed E-state index contributed by atoms with van der Waals surface area (Å²) >= 11 is 1.55. The van der Waals surface area contributed by atoms with Crippen LogP contribution in [0.1, 0.15) is 17.3 Å². The molecule has 0 unspecified atom stereocenters. The van der Waals surface area contributed by atoms with Gasteiger partial charge in [-0.1, -0.05) is 12.1 Å². The largest absolute Gasteiger partial charge is 0.362 e. The van der Waals surface area contributed by atoms with Crippen molar-refractivity contribution in [2.75, 3.05) is 36.4 Å². The number of nitro benzene ring substituents is 1. The summed E-state index contributed by atoms with van der Waals surface area (Å²) in [5.41, 5.74) is 2.84. The number of imidazole rings is 1. The summed E-state index contributed by atoms with van der Waals surface area (Å²) in [6.07, 6.45) is 3.89. The molecule has 0 radical (unpaired) electrons. The van der Waals surface area contributed by atoms with Gasteiger partial charge in [-0.05, 0) is 24.3 Å². The van der Waals surface area contributed by atoms with Gasteiger partial charge in [-0.3, -0.25) is 24.1 Å². The molecule has 0 saturated carbocycles. The molecule has 5 rings (SSSR count). The molecule has 0 spiro atoms. The number of benzene rings is 2. The number of piperazine rings is 1. The van der Waals surface area contributed by atoms with Crippen molar-refractivity contribution in [1.29, 1.82) is 0 Å². The summed E-state index contributed by atoms with van der Waals surface area (Å²) in [6.45, 7) is 3.50. The summed E-state index contributed by atoms with van der Waals surface area (Å²) in [5, 5.41) is 16.5. The van der Waals surface area contributed by atoms with Gasteiger partial charge in [0.1, 0.15) is 5.69 Å². The Morgan fingerprint density at radius 3 is 2.49 bits per heavy atom. The van der Waals surface area contributed by atoms with E-state index in [1.807, 2.05) is 39.2 Å². The predicted octanol–water partition coefficient (Wildman–Crippen LogP) is 3.89. The molecule has 4 aromatic rings. The molecule has 1 aliphatic heterocycles. The highest BCUT2D eigenvalue weighted by Crippen LogP contribution is 2.31. The van der Waals surface area contributed by atoms with Gasteiger partial charge in [0.15, 0.2) is 4.96 Å². The van der Waals surface area contributed by atoms with Crippen LogP contribution in [-0.4, -0.2) is 57.2 Å². The Bertz CT molecular complexity index is 1390. The number of aromatic nitrogens is 2. The van der Waals surface area contributed by atoms with Gasteiger partial charge in [-0.15, -0.1) is 11.3 Å². The van der Waals surface area contributed by atoms with E-state index < -0.39 is 10.8 Å². The van der Waals surface area contributed by atoms with Crippen LogP contribution >= 0.6 is 11.3 Å². The number of thiazole rings is 1. The van der Waals surface area contributed by atoms with Gasteiger partial charge in [-0.2, -0.15) is 0 Å². The highest BCUT2D eigenvalue weighted by molar-refractivity contribution is 7.15. The van der Waals surface area contributed by atoms with Gasteiger partial charge in [0.2, 0.25) is 5.91 Å². The van der Waals surface area contributed by atoms with Gasteiger partial charge in [0.25, 0.3) is 11.6 Å². The van der Waals surface area contributed by atoms with E-state index in [9.17, 15) is 19.7 Å². The van der Waals surface area contributed by atoms with Crippen molar-refractivity contribution >= 4 is 45.2 Å². The van der Waals surface area contributed by atoms with Crippen molar-refractivity contribution in [2.24, 2.45) is 0 Å². The first-order chi connectivity index (χ1) is 16.9. The number of nitrogens with zero attached hydrogens (tertiary/aromatic N) is 5. The fourth-order valence-corrected chi connectivity index (χ4v) is 4.83. The maximum Gasteiger partial charge on any atom is 0.293 e. The zero-order chi connectivity index (χ0) is 24.5. The van der Waals surface area contributed by atoms with Crippen LogP contribution in [0.5, 0.6) is 0 Å². The number of hydrogen-bond acceptors (Lipinski definition) is 7. The number of rotatable bonds is 5. The quantitative estimate of drug-likeness (QED) is 0.335. The van der Waals surface area contributed by atoms with Crippen LogP contribution in [0.15, 0.2) is 60.2 Å². The average Bonchev–Trinajstić information content (AvgIpc) is 3.47. The Hall–Kier alpha value is -4.25. The molecule has 0 aliphatic carbocycles. The number of anilines is 2. The van der Waals surface area contributed by atoms with E-state index in [4.69, 9.17) is 0 Å². The second-order valence-corrected chi connectivity index (χ2v) is 9.08. The monoisotopic (exact) mass is 490 g/mol. The van der Waals surface area contributed by atoms with Crippen LogP contribution in [0, 0.1) is 10.1 Å². The average molecular weight is 491 g/mol. The summed E-state index contributed by atoms with van der Waals surface area (Å²) in [5.74, 6) is -0.444. The number of nitrogens with one attached hydrogen (secondary N) is 1. The van der Waals surface area contributed by atoms with E-state index >= 15 is 0 Å². The third-order valence-corrected chi connectivity index (χ3v) is 6.80. The number of nitro groups is 1. The van der Waals surface area contributed by atoms with Crippen molar-refractivity contribution in [3.05, 3.63) is 75.9 Å². The van der Waals surface area contributed by atoms with E-state index in [0.717, 1.165) is 16.2 Å². The van der Waals surface area contributed by atoms with Crippen molar-refractivity contribution in [1.82, 2.24) is 14.3 Å². The number of hydrogen-bond donors (Lipinski definition) is 1. The Morgan fingerprint density at radius 2 is 1.83 bits per heavy atom. The third kappa shape index (κ3) is 4.58. The molecular weight excluding hydrogens is 468 g/mol. The Morgan fingerprint density at radius 1 is 1.09 bits per heavy atom. The zero-order valence-electron chi connectivity index (χ0n) is 18.9. The summed E-state index contributed by atoms with van der Waals surface area (Å²) in [6, 6.07) is 11.8. The molecule has 1 saturated heterocycles. The van der Waals surface area contributed by atoms with E-state index in [1.165, 1.54) is 13.0 Å². The van der Waals surface area contributed by atoms with Crippen LogP contribution in [0.4, 0.5) is 17.1 Å². The van der Waals surface area contributed by atoms with Crippen LogP contribution in [-0.2, 0) is 4.79 Å². The minimum absolute atomic E-state index is 0.0102. The minimum atomic E-state index is -0.478. The number of fused-ring (bicyclic) bond motifs is 1. The van der Waals surface area contributed by atoms with Gasteiger partial charge in [0.05, 0.1) is 10.6 Å². The molecule has 1 fully saturated rings. The first kappa shape index (κ1) is 22.5. The van der Waals surface area contributed by atoms with Gasteiger partial charge in [0, 0.05) is 73.8 Å². The summed E-state index contributed by atoms with van der Waals surface area (Å²) in [4.78, 5) is 44.7. The van der Waals surface area contributed by atoms with Crippen LogP contribution < -0.4 is 10.2 Å². The molecule has 35 heavy (non-hydrogen) atoms. The number of carbonyl (C=O) groups is 2. The van der Waals surface area contributed by atoms with Crippen LogP contribution in [0.2, 0.25) is 0 Å². The molecule has 3 heterocycles. The van der Waals surface area contributed by atoms with Crippen molar-refractivity contribution in [2.45, 2.75) is 6.92 Å². The van der Waals surface area contributed by atoms with Crippen molar-refractivity contribution < 1.29 is 14.5 Å². The second kappa shape index (κ2) is 9.18. The lowest BCUT2D eigenvalue weighted by Gasteiger charge is -2.35. The lowest BCUT2D eigenvalue weighted by molar-refractivity contribution is -0.384. The van der Waals surface area contributed by atoms with Crippen LogP contribution in [0.3, 0.4) is 0 Å². The number of amides is 2. The molecule has 178 valence electrons. The Balaban J connectivity index is 1.30. The standard InChI is InChI=1S/C24H22N6O4S/c1-16(31)27-8-10-28(11-9-27)21-7-4-18(14-22(21)30(33)34)23(32)25-19-5-2-17(3-6-19)20-15-29-12-13-35-24(29)26-20/h2-7,12-15H,8-11H2,1H3,(H,25,32). The lowest BCUT2D eigenvalue weighted by atomic mass is 10.1. The summed E-state index contributed by atoms with van der Waals surface area (Å²) < 4.78 is 1.95. The molecule has 0 bridgehead atoms. The maximum absolute atomic E-state index is 12.8. The van der Waals surface area contributed by atoms with Crippen molar-refractivity contribution in [3.8, 4) is 11.3 Å². The first-order valence-electron chi connectivity index (χ1n) is 11.0. The second-order valence-electron chi connectivity index (χ2n) is 8.20. The molecule has 1 aliphatic rings. The fourth-order valence-electron chi connectivity index (χ4n) is 4.13. The van der Waals surface area contributed by atoms with Gasteiger partial charge < -0.3 is 15.1 Å². The molecule has 10 nitrogen and oxygen atoms in total. The van der Waals surface area contributed by atoms with Gasteiger partial charge in [-0.25, -0.2) is 4.98 Å². The molecule has 2 aromatic heterocycles. The third-order valence-electron chi connectivity index (χ3n) is 6.03. The summed E-state index contributed by atoms with van der Waals surface area (Å²) in [7, 11) is 0. The molecule has 2 aromatic carbocycles. The molecular formula is C24H22N6O4S. The lowest BCUT2D eigenvalue weighted by Crippen LogP contribution is -2.48. The highest BCUT2D eigenvalue weighted by Gasteiger charge is 2.26. The van der Waals surface area contributed by atoms with E-state index in [0.29, 0.717) is 37.6 Å². The number of carbonyl (C=O) groups excluding carboxylic acids is 2. The molecule has 2 amide bonds. The predicted molar refractivity (Wildman–Crippen MR) is 134 cm³/mol. The van der Waals surface area contributed by atoms with E-state index in [1.54, 1.807) is 40.5 Å². The topological polar surface area (TPSA) is 113 Å². The molecule has 11 heteroatoms. The fraction of sp³-hybridized carbons (Fsp3) is 0.208. The van der Waals surface area contributed by atoms with Crippen LogP contribution in [0.25, 0.3) is 16.2 Å². The molecule has 1 N–H and O–H groups in total. The normalized spacial score (nSPS) is 13.7. The smallest absolute Gasteiger partial charge is 0.293 e. The Labute approximate surface area is 204 Å². The highest BCUT2D eigenvalue weighted by atomic mass is 32.1. The van der Waals surface area contributed by atoms with E-state index in [-0.39, 0.29) is 17.2 Å². The Kier molecular flexibility index (Phi) is 5.91. The van der Waals surface area contributed by atoms with E-state index in [2.05, 4.69) is 10.3 Å².